The fourth-order valence-corrected chi connectivity index (χ4v) is 3.38. The first-order chi connectivity index (χ1) is 10.2. The molecule has 104 valence electrons. The van der Waals surface area contributed by atoms with Gasteiger partial charge in [-0.15, -0.1) is 0 Å². The number of pyridine rings is 1. The molecule has 1 aliphatic heterocycles. The van der Waals surface area contributed by atoms with Crippen molar-refractivity contribution < 1.29 is 0 Å². The molecule has 0 aromatic carbocycles. The van der Waals surface area contributed by atoms with Crippen LogP contribution in [0, 0.1) is 12.8 Å². The molecule has 2 heterocycles. The molecule has 2 radical (unpaired) electrons. The van der Waals surface area contributed by atoms with Gasteiger partial charge in [-0.25, -0.2) is 4.98 Å². The van der Waals surface area contributed by atoms with Crippen LogP contribution >= 0.6 is 0 Å². The quantitative estimate of drug-likeness (QED) is 0.521. The number of hydrogen-bond acceptors (Lipinski definition) is 2. The van der Waals surface area contributed by atoms with Gasteiger partial charge in [0.2, 0.25) is 0 Å². The zero-order chi connectivity index (χ0) is 15.0. The molecule has 3 rings (SSSR count). The fourth-order valence-electron chi connectivity index (χ4n) is 3.38. The summed E-state index contributed by atoms with van der Waals surface area (Å²) in [6.45, 7) is 9.68. The zero-order valence-corrected chi connectivity index (χ0v) is 12.3. The number of aromatic nitrogens is 1. The number of nitrogens with zero attached hydrogens (tertiary/aromatic N) is 1. The van der Waals surface area contributed by atoms with Crippen molar-refractivity contribution in [2.24, 2.45) is 5.92 Å². The van der Waals surface area contributed by atoms with Gasteiger partial charge in [0.25, 0.3) is 0 Å². The van der Waals surface area contributed by atoms with E-state index in [2.05, 4.69) is 41.7 Å². The van der Waals surface area contributed by atoms with Gasteiger partial charge in [-0.05, 0) is 24.8 Å². The monoisotopic (exact) mass is 274 g/mol. The van der Waals surface area contributed by atoms with Gasteiger partial charge in [0, 0.05) is 17.2 Å². The molecule has 21 heavy (non-hydrogen) atoms. The highest BCUT2D eigenvalue weighted by Crippen LogP contribution is 2.45. The third-order valence-electron chi connectivity index (χ3n) is 4.48. The van der Waals surface area contributed by atoms with Gasteiger partial charge in [0.15, 0.2) is 0 Å². The van der Waals surface area contributed by atoms with E-state index in [0.717, 1.165) is 29.0 Å². The molecule has 3 heteroatoms. The van der Waals surface area contributed by atoms with E-state index in [1.165, 1.54) is 5.56 Å². The average Bonchev–Trinajstić information content (AvgIpc) is 2.95. The number of rotatable bonds is 3. The van der Waals surface area contributed by atoms with Crippen LogP contribution in [-0.4, -0.2) is 18.9 Å². The fraction of sp³-hybridized carbons (Fsp3) is 0.278. The molecule has 0 saturated heterocycles. The van der Waals surface area contributed by atoms with E-state index >= 15 is 0 Å². The smallest absolute Gasteiger partial charge is 0.130 e. The van der Waals surface area contributed by atoms with E-state index in [1.54, 1.807) is 0 Å². The molecule has 3 atom stereocenters. The molecule has 0 saturated carbocycles. The number of nitrogens with one attached hydrogen (secondary N) is 1. The van der Waals surface area contributed by atoms with Crippen LogP contribution in [0.15, 0.2) is 55.2 Å². The van der Waals surface area contributed by atoms with Gasteiger partial charge >= 0.3 is 0 Å². The molecule has 3 unspecified atom stereocenters. The lowest BCUT2D eigenvalue weighted by Crippen LogP contribution is -2.38. The molecule has 1 aromatic rings. The number of fused-ring (bicyclic) bond motifs is 3. The lowest BCUT2D eigenvalue weighted by atomic mass is 9.76. The second kappa shape index (κ2) is 5.40. The van der Waals surface area contributed by atoms with Crippen molar-refractivity contribution >= 4 is 19.1 Å². The molecule has 2 aliphatic rings. The van der Waals surface area contributed by atoms with Gasteiger partial charge in [-0.2, -0.15) is 0 Å². The summed E-state index contributed by atoms with van der Waals surface area (Å²) in [5, 5.41) is 3.58. The summed E-state index contributed by atoms with van der Waals surface area (Å²) >= 11 is 0. The van der Waals surface area contributed by atoms with E-state index in [9.17, 15) is 0 Å². The second-order valence-electron chi connectivity index (χ2n) is 5.68. The minimum absolute atomic E-state index is 0.212. The van der Waals surface area contributed by atoms with Crippen LogP contribution < -0.4 is 10.8 Å². The molecule has 2 nitrogen and oxygen atoms in total. The summed E-state index contributed by atoms with van der Waals surface area (Å²) in [6, 6.07) is 2.28. The first-order valence-electron chi connectivity index (χ1n) is 7.31. The maximum atomic E-state index is 6.04. The Morgan fingerprint density at radius 2 is 2.29 bits per heavy atom. The lowest BCUT2D eigenvalue weighted by molar-refractivity contribution is 0.452. The highest BCUT2D eigenvalue weighted by Gasteiger charge is 2.38. The molecular formula is C18H19BN2. The van der Waals surface area contributed by atoms with Crippen LogP contribution in [0.4, 0.5) is 5.82 Å². The maximum Gasteiger partial charge on any atom is 0.130 e. The Bertz CT molecular complexity index is 657. The van der Waals surface area contributed by atoms with Crippen LogP contribution in [0.3, 0.4) is 0 Å². The standard InChI is InChI=1S/C18H19BN2/c1-4-7-12(5-2)17-14-9-6-8-13(14)15-10-16(19)11(3)20-18(15)21-17/h4-8,10,13-14,17H,1-2,9H2,3H3,(H,20,21)/b12-7+. The first kappa shape index (κ1) is 13.9. The normalized spacial score (nSPS) is 26.7. The lowest BCUT2D eigenvalue weighted by Gasteiger charge is -2.37. The van der Waals surface area contributed by atoms with E-state index < -0.39 is 0 Å². The van der Waals surface area contributed by atoms with Crippen LogP contribution in [-0.2, 0) is 0 Å². The van der Waals surface area contributed by atoms with E-state index in [4.69, 9.17) is 7.85 Å². The number of anilines is 1. The highest BCUT2D eigenvalue weighted by atomic mass is 15.0. The molecule has 1 N–H and O–H groups in total. The number of hydrogen-bond donors (Lipinski definition) is 1. The summed E-state index contributed by atoms with van der Waals surface area (Å²) in [5.74, 6) is 1.79. The molecule has 1 aromatic heterocycles. The maximum absolute atomic E-state index is 6.04. The Labute approximate surface area is 127 Å². The van der Waals surface area contributed by atoms with E-state index in [-0.39, 0.29) is 6.04 Å². The topological polar surface area (TPSA) is 24.9 Å². The Morgan fingerprint density at radius 1 is 1.48 bits per heavy atom. The van der Waals surface area contributed by atoms with Crippen molar-refractivity contribution in [1.82, 2.24) is 4.98 Å². The molecule has 0 fully saturated rings. The van der Waals surface area contributed by atoms with Gasteiger partial charge < -0.3 is 5.32 Å². The van der Waals surface area contributed by atoms with Crippen molar-refractivity contribution in [1.29, 1.82) is 0 Å². The molecule has 0 bridgehead atoms. The second-order valence-corrected chi connectivity index (χ2v) is 5.68. The van der Waals surface area contributed by atoms with Crippen molar-refractivity contribution in [3.63, 3.8) is 0 Å². The summed E-state index contributed by atoms with van der Waals surface area (Å²) in [6.07, 6.45) is 11.3. The van der Waals surface area contributed by atoms with Gasteiger partial charge in [0.1, 0.15) is 13.7 Å². The van der Waals surface area contributed by atoms with Crippen LogP contribution in [0.5, 0.6) is 0 Å². The molecule has 0 amide bonds. The Balaban J connectivity index is 2.09. The summed E-state index contributed by atoms with van der Waals surface area (Å²) in [4.78, 5) is 4.64. The van der Waals surface area contributed by atoms with Crippen molar-refractivity contribution in [3.8, 4) is 0 Å². The number of aryl methyl sites for hydroxylation is 1. The predicted octanol–water partition coefficient (Wildman–Crippen LogP) is 2.94. The summed E-state index contributed by atoms with van der Waals surface area (Å²) in [5.41, 5.74) is 3.99. The van der Waals surface area contributed by atoms with E-state index in [1.807, 2.05) is 25.2 Å². The van der Waals surface area contributed by atoms with Crippen molar-refractivity contribution in [2.45, 2.75) is 25.3 Å². The minimum atomic E-state index is 0.212. The number of allylic oxidation sites excluding steroid dienone is 4. The van der Waals surface area contributed by atoms with Gasteiger partial charge in [-0.3, -0.25) is 0 Å². The third-order valence-corrected chi connectivity index (χ3v) is 4.48. The first-order valence-corrected chi connectivity index (χ1v) is 7.31. The Kier molecular flexibility index (Phi) is 3.58. The van der Waals surface area contributed by atoms with Crippen LogP contribution in [0.2, 0.25) is 0 Å². The molecule has 0 spiro atoms. The average molecular weight is 274 g/mol. The Morgan fingerprint density at radius 3 is 3.00 bits per heavy atom. The van der Waals surface area contributed by atoms with Crippen LogP contribution in [0.25, 0.3) is 0 Å². The highest BCUT2D eigenvalue weighted by molar-refractivity contribution is 6.33. The summed E-state index contributed by atoms with van der Waals surface area (Å²) < 4.78 is 0. The largest absolute Gasteiger partial charge is 0.363 e. The third kappa shape index (κ3) is 2.27. The van der Waals surface area contributed by atoms with Gasteiger partial charge in [0.05, 0.1) is 6.04 Å². The molecule has 1 aliphatic carbocycles. The SMILES string of the molecule is [B]c1cc2c(nc1C)NC(/C(C=C)=C/C=C)C1CC=CC21. The zero-order valence-electron chi connectivity index (χ0n) is 12.3. The van der Waals surface area contributed by atoms with Gasteiger partial charge in [-0.1, -0.05) is 55.1 Å². The summed E-state index contributed by atoms with van der Waals surface area (Å²) in [7, 11) is 6.04. The Hall–Kier alpha value is -2.03. The molecular weight excluding hydrogens is 255 g/mol. The van der Waals surface area contributed by atoms with Crippen molar-refractivity contribution in [3.05, 3.63) is 66.4 Å². The van der Waals surface area contributed by atoms with E-state index in [0.29, 0.717) is 11.8 Å². The minimum Gasteiger partial charge on any atom is -0.363 e. The predicted molar refractivity (Wildman–Crippen MR) is 90.2 cm³/mol. The van der Waals surface area contributed by atoms with Crippen molar-refractivity contribution in [2.75, 3.05) is 5.32 Å². The van der Waals surface area contributed by atoms with Crippen LogP contribution in [0.1, 0.15) is 23.6 Å².